The van der Waals surface area contributed by atoms with Crippen LogP contribution in [0.2, 0.25) is 0 Å². The zero-order valence-electron chi connectivity index (χ0n) is 15.0. The van der Waals surface area contributed by atoms with Gasteiger partial charge in [-0.25, -0.2) is 9.97 Å². The van der Waals surface area contributed by atoms with Crippen LogP contribution in [-0.2, 0) is 0 Å². The quantitative estimate of drug-likeness (QED) is 0.856. The summed E-state index contributed by atoms with van der Waals surface area (Å²) < 4.78 is 5.32. The number of carbonyl (C=O) groups excluding carboxylic acids is 1. The molecule has 0 saturated carbocycles. The predicted molar refractivity (Wildman–Crippen MR) is 97.1 cm³/mol. The fourth-order valence-electron chi connectivity index (χ4n) is 3.27. The first-order valence-corrected chi connectivity index (χ1v) is 8.54. The second-order valence-corrected chi connectivity index (χ2v) is 6.35. The maximum atomic E-state index is 12.8. The molecule has 6 heteroatoms. The molecule has 2 aromatic rings. The molecule has 0 atom stereocenters. The molecule has 1 amide bonds. The van der Waals surface area contributed by atoms with E-state index in [2.05, 4.69) is 21.9 Å². The van der Waals surface area contributed by atoms with Gasteiger partial charge in [0.05, 0.1) is 12.7 Å². The zero-order chi connectivity index (χ0) is 17.8. The van der Waals surface area contributed by atoms with Gasteiger partial charge in [-0.15, -0.1) is 0 Å². The SMILES string of the molecule is COc1ccccc1C(=O)N1CCC(N(C)c2cc(C)ncn2)CC1. The molecule has 1 fully saturated rings. The standard InChI is InChI=1S/C19H24N4O2/c1-14-12-18(21-13-20-14)22(2)15-8-10-23(11-9-15)19(24)16-6-4-5-7-17(16)25-3/h4-7,12-13,15H,8-11H2,1-3H3. The molecule has 3 rings (SSSR count). The largest absolute Gasteiger partial charge is 0.496 e. The van der Waals surface area contributed by atoms with Gasteiger partial charge in [0.2, 0.25) is 0 Å². The smallest absolute Gasteiger partial charge is 0.257 e. The first-order chi connectivity index (χ1) is 12.1. The molecule has 2 heterocycles. The third-order valence-corrected chi connectivity index (χ3v) is 4.79. The Morgan fingerprint density at radius 1 is 1.24 bits per heavy atom. The van der Waals surface area contributed by atoms with Crippen molar-refractivity contribution >= 4 is 11.7 Å². The number of carbonyl (C=O) groups is 1. The Morgan fingerprint density at radius 3 is 2.64 bits per heavy atom. The highest BCUT2D eigenvalue weighted by atomic mass is 16.5. The molecule has 0 aliphatic carbocycles. The maximum Gasteiger partial charge on any atom is 0.257 e. The lowest BCUT2D eigenvalue weighted by atomic mass is 10.0. The number of aryl methyl sites for hydroxylation is 1. The number of aromatic nitrogens is 2. The minimum absolute atomic E-state index is 0.0384. The number of benzene rings is 1. The van der Waals surface area contributed by atoms with E-state index in [9.17, 15) is 4.79 Å². The normalized spacial score (nSPS) is 15.1. The summed E-state index contributed by atoms with van der Waals surface area (Å²) in [5.41, 5.74) is 1.59. The molecule has 0 radical (unpaired) electrons. The van der Waals surface area contributed by atoms with Gasteiger partial charge in [0.1, 0.15) is 17.9 Å². The molecule has 132 valence electrons. The van der Waals surface area contributed by atoms with Crippen LogP contribution < -0.4 is 9.64 Å². The van der Waals surface area contributed by atoms with Gasteiger partial charge in [0.15, 0.2) is 0 Å². The Balaban J connectivity index is 1.64. The highest BCUT2D eigenvalue weighted by molar-refractivity contribution is 5.97. The summed E-state index contributed by atoms with van der Waals surface area (Å²) >= 11 is 0. The highest BCUT2D eigenvalue weighted by Crippen LogP contribution is 2.24. The number of likely N-dealkylation sites (tertiary alicyclic amines) is 1. The number of ether oxygens (including phenoxy) is 1. The van der Waals surface area contributed by atoms with Gasteiger partial charge < -0.3 is 14.5 Å². The fourth-order valence-corrected chi connectivity index (χ4v) is 3.27. The number of hydrogen-bond donors (Lipinski definition) is 0. The molecule has 1 saturated heterocycles. The number of methoxy groups -OCH3 is 1. The first kappa shape index (κ1) is 17.2. The first-order valence-electron chi connectivity index (χ1n) is 8.54. The second kappa shape index (κ2) is 7.51. The summed E-state index contributed by atoms with van der Waals surface area (Å²) in [6.45, 7) is 3.43. The van der Waals surface area contributed by atoms with E-state index < -0.39 is 0 Å². The molecule has 1 aliphatic rings. The molecular weight excluding hydrogens is 316 g/mol. The highest BCUT2D eigenvalue weighted by Gasteiger charge is 2.27. The lowest BCUT2D eigenvalue weighted by Gasteiger charge is -2.37. The molecule has 0 unspecified atom stereocenters. The third kappa shape index (κ3) is 3.73. The van der Waals surface area contributed by atoms with Gasteiger partial charge in [-0.1, -0.05) is 12.1 Å². The molecule has 0 N–H and O–H groups in total. The molecule has 25 heavy (non-hydrogen) atoms. The molecule has 1 aromatic carbocycles. The van der Waals surface area contributed by atoms with Crippen molar-refractivity contribution in [1.82, 2.24) is 14.9 Å². The van der Waals surface area contributed by atoms with Crippen LogP contribution in [0, 0.1) is 6.92 Å². The molecule has 6 nitrogen and oxygen atoms in total. The average Bonchev–Trinajstić information content (AvgIpc) is 2.67. The number of para-hydroxylation sites is 1. The monoisotopic (exact) mass is 340 g/mol. The number of amides is 1. The summed E-state index contributed by atoms with van der Waals surface area (Å²) in [5, 5.41) is 0. The van der Waals surface area contributed by atoms with Crippen molar-refractivity contribution in [3.63, 3.8) is 0 Å². The van der Waals surface area contributed by atoms with Crippen LogP contribution in [0.1, 0.15) is 28.9 Å². The van der Waals surface area contributed by atoms with Crippen molar-refractivity contribution in [3.05, 3.63) is 47.9 Å². The van der Waals surface area contributed by atoms with Gasteiger partial charge in [0.25, 0.3) is 5.91 Å². The number of anilines is 1. The summed E-state index contributed by atoms with van der Waals surface area (Å²) in [4.78, 5) is 25.4. The Hall–Kier alpha value is -2.63. The number of hydrogen-bond acceptors (Lipinski definition) is 5. The van der Waals surface area contributed by atoms with Crippen molar-refractivity contribution in [1.29, 1.82) is 0 Å². The van der Waals surface area contributed by atoms with E-state index >= 15 is 0 Å². The molecule has 1 aromatic heterocycles. The summed E-state index contributed by atoms with van der Waals surface area (Å²) in [6, 6.07) is 9.76. The Kier molecular flexibility index (Phi) is 5.16. The van der Waals surface area contributed by atoms with Gasteiger partial charge >= 0.3 is 0 Å². The lowest BCUT2D eigenvalue weighted by Crippen LogP contribution is -2.46. The summed E-state index contributed by atoms with van der Waals surface area (Å²) in [7, 11) is 3.65. The predicted octanol–water partition coefficient (Wildman–Crippen LogP) is 2.53. The van der Waals surface area contributed by atoms with Crippen LogP contribution in [0.5, 0.6) is 5.75 Å². The van der Waals surface area contributed by atoms with E-state index in [1.165, 1.54) is 0 Å². The average molecular weight is 340 g/mol. The zero-order valence-corrected chi connectivity index (χ0v) is 15.0. The van der Waals surface area contributed by atoms with Gasteiger partial charge in [0, 0.05) is 37.9 Å². The number of rotatable bonds is 4. The van der Waals surface area contributed by atoms with Crippen molar-refractivity contribution in [2.75, 3.05) is 32.1 Å². The second-order valence-electron chi connectivity index (χ2n) is 6.35. The van der Waals surface area contributed by atoms with Gasteiger partial charge in [-0.3, -0.25) is 4.79 Å². The molecular formula is C19H24N4O2. The Labute approximate surface area is 148 Å². The number of piperidine rings is 1. The van der Waals surface area contributed by atoms with Crippen molar-refractivity contribution < 1.29 is 9.53 Å². The molecule has 0 bridgehead atoms. The van der Waals surface area contributed by atoms with Gasteiger partial charge in [-0.2, -0.15) is 0 Å². The topological polar surface area (TPSA) is 58.6 Å². The van der Waals surface area contributed by atoms with E-state index in [0.717, 1.165) is 37.4 Å². The van der Waals surface area contributed by atoms with Crippen molar-refractivity contribution in [2.24, 2.45) is 0 Å². The fraction of sp³-hybridized carbons (Fsp3) is 0.421. The van der Waals surface area contributed by atoms with Crippen LogP contribution in [-0.4, -0.2) is 54.1 Å². The lowest BCUT2D eigenvalue weighted by molar-refractivity contribution is 0.0710. The van der Waals surface area contributed by atoms with Crippen molar-refractivity contribution in [3.8, 4) is 5.75 Å². The summed E-state index contributed by atoms with van der Waals surface area (Å²) in [5.74, 6) is 1.60. The molecule has 1 aliphatic heterocycles. The number of nitrogens with zero attached hydrogens (tertiary/aromatic N) is 4. The van der Waals surface area contributed by atoms with E-state index in [4.69, 9.17) is 4.74 Å². The van der Waals surface area contributed by atoms with E-state index in [0.29, 0.717) is 17.4 Å². The summed E-state index contributed by atoms with van der Waals surface area (Å²) in [6.07, 6.45) is 3.43. The Morgan fingerprint density at radius 2 is 1.96 bits per heavy atom. The minimum atomic E-state index is 0.0384. The molecule has 0 spiro atoms. The van der Waals surface area contributed by atoms with Crippen LogP contribution in [0.25, 0.3) is 0 Å². The van der Waals surface area contributed by atoms with E-state index in [-0.39, 0.29) is 5.91 Å². The van der Waals surface area contributed by atoms with Crippen LogP contribution >= 0.6 is 0 Å². The van der Waals surface area contributed by atoms with Crippen LogP contribution in [0.4, 0.5) is 5.82 Å². The third-order valence-electron chi connectivity index (χ3n) is 4.79. The minimum Gasteiger partial charge on any atom is -0.496 e. The maximum absolute atomic E-state index is 12.8. The van der Waals surface area contributed by atoms with E-state index in [1.54, 1.807) is 13.4 Å². The van der Waals surface area contributed by atoms with Crippen molar-refractivity contribution in [2.45, 2.75) is 25.8 Å². The van der Waals surface area contributed by atoms with Crippen LogP contribution in [0.3, 0.4) is 0 Å². The van der Waals surface area contributed by atoms with Crippen LogP contribution in [0.15, 0.2) is 36.7 Å². The Bertz CT molecular complexity index is 742. The van der Waals surface area contributed by atoms with Gasteiger partial charge in [-0.05, 0) is 31.9 Å². The van der Waals surface area contributed by atoms with E-state index in [1.807, 2.05) is 42.2 Å².